The number of anilines is 1. The average Bonchev–Trinajstić information content (AvgIpc) is 3.31. The van der Waals surface area contributed by atoms with E-state index in [-0.39, 0.29) is 11.7 Å². The fraction of sp³-hybridized carbons (Fsp3) is 0.278. The van der Waals surface area contributed by atoms with E-state index in [1.54, 1.807) is 12.1 Å². The molecule has 1 amide bonds. The molecule has 130 valence electrons. The Kier molecular flexibility index (Phi) is 5.55. The Morgan fingerprint density at radius 3 is 2.72 bits per heavy atom. The predicted molar refractivity (Wildman–Crippen MR) is 96.5 cm³/mol. The van der Waals surface area contributed by atoms with Crippen molar-refractivity contribution in [3.63, 3.8) is 0 Å². The summed E-state index contributed by atoms with van der Waals surface area (Å²) in [6, 6.07) is 11.4. The van der Waals surface area contributed by atoms with Crippen LogP contribution in [0.5, 0.6) is 0 Å². The normalized spacial score (nSPS) is 12.1. The van der Waals surface area contributed by atoms with Crippen LogP contribution in [0.1, 0.15) is 31.7 Å². The van der Waals surface area contributed by atoms with Crippen LogP contribution in [0.25, 0.3) is 11.7 Å². The van der Waals surface area contributed by atoms with Crippen LogP contribution in [0.15, 0.2) is 56.7 Å². The van der Waals surface area contributed by atoms with Gasteiger partial charge in [0.2, 0.25) is 5.91 Å². The number of carbonyl (C=O) groups excluding carboxylic acids is 1. The minimum Gasteiger partial charge on any atom is -0.459 e. The van der Waals surface area contributed by atoms with Crippen molar-refractivity contribution in [1.82, 2.24) is 10.2 Å². The number of rotatable bonds is 7. The lowest BCUT2D eigenvalue weighted by Crippen LogP contribution is -2.14. The molecule has 0 spiro atoms. The van der Waals surface area contributed by atoms with Crippen LogP contribution in [0.4, 0.5) is 5.69 Å². The quantitative estimate of drug-likeness (QED) is 0.624. The molecule has 0 saturated carbocycles. The van der Waals surface area contributed by atoms with Gasteiger partial charge in [-0.3, -0.25) is 4.79 Å². The topological polar surface area (TPSA) is 81.2 Å². The van der Waals surface area contributed by atoms with Crippen molar-refractivity contribution in [2.75, 3.05) is 11.1 Å². The van der Waals surface area contributed by atoms with E-state index in [0.29, 0.717) is 22.8 Å². The minimum absolute atomic E-state index is 0.126. The second-order valence-electron chi connectivity index (χ2n) is 5.62. The van der Waals surface area contributed by atoms with Crippen molar-refractivity contribution in [1.29, 1.82) is 0 Å². The highest BCUT2D eigenvalue weighted by Crippen LogP contribution is 2.24. The van der Waals surface area contributed by atoms with Crippen molar-refractivity contribution in [2.45, 2.75) is 31.4 Å². The molecular formula is C18H19N3O3S. The van der Waals surface area contributed by atoms with E-state index >= 15 is 0 Å². The van der Waals surface area contributed by atoms with Crippen LogP contribution in [0.2, 0.25) is 0 Å². The molecule has 6 nitrogen and oxygen atoms in total. The predicted octanol–water partition coefficient (Wildman–Crippen LogP) is 4.57. The van der Waals surface area contributed by atoms with Gasteiger partial charge in [-0.1, -0.05) is 37.7 Å². The van der Waals surface area contributed by atoms with Crippen molar-refractivity contribution < 1.29 is 13.6 Å². The molecule has 0 saturated heterocycles. The van der Waals surface area contributed by atoms with Gasteiger partial charge in [-0.25, -0.2) is 0 Å². The number of thioether (sulfide) groups is 1. The Hall–Kier alpha value is -2.54. The number of nitrogens with zero attached hydrogens (tertiary/aromatic N) is 2. The first-order chi connectivity index (χ1) is 12.2. The third-order valence-electron chi connectivity index (χ3n) is 3.84. The molecule has 1 N–H and O–H groups in total. The third-order valence-corrected chi connectivity index (χ3v) is 4.66. The summed E-state index contributed by atoms with van der Waals surface area (Å²) in [7, 11) is 0. The van der Waals surface area contributed by atoms with E-state index in [4.69, 9.17) is 8.83 Å². The highest BCUT2D eigenvalue weighted by Gasteiger charge is 2.13. The molecule has 0 radical (unpaired) electrons. The second kappa shape index (κ2) is 8.02. The molecular weight excluding hydrogens is 338 g/mol. The lowest BCUT2D eigenvalue weighted by atomic mass is 9.99. The summed E-state index contributed by atoms with van der Waals surface area (Å²) < 4.78 is 10.6. The largest absolute Gasteiger partial charge is 0.459 e. The maximum absolute atomic E-state index is 12.1. The fourth-order valence-corrected chi connectivity index (χ4v) is 2.79. The second-order valence-corrected chi connectivity index (χ2v) is 6.55. The molecule has 2 aromatic heterocycles. The maximum atomic E-state index is 12.1. The molecule has 0 aliphatic heterocycles. The Morgan fingerprint density at radius 1 is 1.24 bits per heavy atom. The molecule has 2 heterocycles. The van der Waals surface area contributed by atoms with Gasteiger partial charge in [0.05, 0.1) is 12.0 Å². The number of hydrogen-bond donors (Lipinski definition) is 1. The smallest absolute Gasteiger partial charge is 0.284 e. The van der Waals surface area contributed by atoms with Gasteiger partial charge in [-0.05, 0) is 42.2 Å². The van der Waals surface area contributed by atoms with Crippen molar-refractivity contribution in [3.05, 3.63) is 48.2 Å². The number of benzene rings is 1. The number of carbonyl (C=O) groups is 1. The van der Waals surface area contributed by atoms with E-state index in [0.717, 1.165) is 12.1 Å². The summed E-state index contributed by atoms with van der Waals surface area (Å²) >= 11 is 1.18. The molecule has 1 atom stereocenters. The maximum Gasteiger partial charge on any atom is 0.284 e. The van der Waals surface area contributed by atoms with Crippen LogP contribution < -0.4 is 5.32 Å². The standard InChI is InChI=1S/C18H19N3O3S/c1-3-12(2)13-6-8-14(9-7-13)19-16(22)11-25-18-21-20-17(24-18)15-5-4-10-23-15/h4-10,12H,3,11H2,1-2H3,(H,19,22)/t12-/m1/s1. The Balaban J connectivity index is 1.51. The molecule has 3 aromatic rings. The van der Waals surface area contributed by atoms with E-state index in [1.165, 1.54) is 23.6 Å². The van der Waals surface area contributed by atoms with Crippen LogP contribution in [-0.4, -0.2) is 21.9 Å². The van der Waals surface area contributed by atoms with Crippen LogP contribution >= 0.6 is 11.8 Å². The number of amides is 1. The van der Waals surface area contributed by atoms with E-state index in [1.807, 2.05) is 24.3 Å². The number of furan rings is 1. The first kappa shape index (κ1) is 17.3. The average molecular weight is 357 g/mol. The Morgan fingerprint density at radius 2 is 2.04 bits per heavy atom. The first-order valence-electron chi connectivity index (χ1n) is 8.05. The van der Waals surface area contributed by atoms with Crippen LogP contribution in [0, 0.1) is 0 Å². The number of aromatic nitrogens is 2. The van der Waals surface area contributed by atoms with Gasteiger partial charge in [-0.15, -0.1) is 10.2 Å². The van der Waals surface area contributed by atoms with Gasteiger partial charge < -0.3 is 14.2 Å². The van der Waals surface area contributed by atoms with Gasteiger partial charge in [0.25, 0.3) is 11.1 Å². The zero-order valence-corrected chi connectivity index (χ0v) is 14.9. The SMILES string of the molecule is CC[C@@H](C)c1ccc(NC(=O)CSc2nnc(-c3ccco3)o2)cc1. The lowest BCUT2D eigenvalue weighted by Gasteiger charge is -2.10. The van der Waals surface area contributed by atoms with Crippen molar-refractivity contribution >= 4 is 23.4 Å². The van der Waals surface area contributed by atoms with Gasteiger partial charge in [-0.2, -0.15) is 0 Å². The summed E-state index contributed by atoms with van der Waals surface area (Å²) in [6.07, 6.45) is 2.62. The molecule has 0 aliphatic carbocycles. The molecule has 0 unspecified atom stereocenters. The molecule has 1 aromatic carbocycles. The lowest BCUT2D eigenvalue weighted by molar-refractivity contribution is -0.113. The Labute approximate surface area is 150 Å². The van der Waals surface area contributed by atoms with Crippen molar-refractivity contribution in [2.24, 2.45) is 0 Å². The van der Waals surface area contributed by atoms with Crippen molar-refractivity contribution in [3.8, 4) is 11.7 Å². The number of nitrogens with one attached hydrogen (secondary N) is 1. The summed E-state index contributed by atoms with van der Waals surface area (Å²) in [5, 5.41) is 11.0. The Bertz CT molecular complexity index is 812. The molecule has 25 heavy (non-hydrogen) atoms. The zero-order valence-electron chi connectivity index (χ0n) is 14.1. The van der Waals surface area contributed by atoms with E-state index in [9.17, 15) is 4.79 Å². The zero-order chi connectivity index (χ0) is 17.6. The summed E-state index contributed by atoms with van der Waals surface area (Å²) in [6.45, 7) is 4.35. The van der Waals surface area contributed by atoms with Gasteiger partial charge in [0, 0.05) is 5.69 Å². The summed E-state index contributed by atoms with van der Waals surface area (Å²) in [4.78, 5) is 12.1. The first-order valence-corrected chi connectivity index (χ1v) is 9.04. The van der Waals surface area contributed by atoms with Gasteiger partial charge >= 0.3 is 0 Å². The third kappa shape index (κ3) is 4.51. The highest BCUT2D eigenvalue weighted by atomic mass is 32.2. The van der Waals surface area contributed by atoms with Gasteiger partial charge in [0.1, 0.15) is 0 Å². The highest BCUT2D eigenvalue weighted by molar-refractivity contribution is 7.99. The van der Waals surface area contributed by atoms with E-state index < -0.39 is 0 Å². The van der Waals surface area contributed by atoms with E-state index in [2.05, 4.69) is 29.4 Å². The molecule has 3 rings (SSSR count). The van der Waals surface area contributed by atoms with Gasteiger partial charge in [0.15, 0.2) is 5.76 Å². The number of hydrogen-bond acceptors (Lipinski definition) is 6. The monoisotopic (exact) mass is 357 g/mol. The fourth-order valence-electron chi connectivity index (χ4n) is 2.22. The van der Waals surface area contributed by atoms with Crippen LogP contribution in [-0.2, 0) is 4.79 Å². The molecule has 0 aliphatic rings. The summed E-state index contributed by atoms with van der Waals surface area (Å²) in [5.41, 5.74) is 2.05. The van der Waals surface area contributed by atoms with Crippen LogP contribution in [0.3, 0.4) is 0 Å². The molecule has 0 bridgehead atoms. The minimum atomic E-state index is -0.126. The summed E-state index contributed by atoms with van der Waals surface area (Å²) in [5.74, 6) is 1.38. The molecule has 7 heteroatoms. The molecule has 0 fully saturated rings.